The first kappa shape index (κ1) is 12.7. The second kappa shape index (κ2) is 4.96. The lowest BCUT2D eigenvalue weighted by Crippen LogP contribution is -2.45. The van der Waals surface area contributed by atoms with Gasteiger partial charge >= 0.3 is 0 Å². The van der Waals surface area contributed by atoms with E-state index in [2.05, 4.69) is 11.4 Å². The van der Waals surface area contributed by atoms with Gasteiger partial charge in [-0.1, -0.05) is 30.3 Å². The lowest BCUT2D eigenvalue weighted by Gasteiger charge is -2.44. The fourth-order valence-electron chi connectivity index (χ4n) is 3.99. The molecule has 0 radical (unpaired) electrons. The van der Waals surface area contributed by atoms with Gasteiger partial charge in [-0.05, 0) is 36.8 Å². The van der Waals surface area contributed by atoms with Gasteiger partial charge in [0.25, 0.3) is 0 Å². The van der Waals surface area contributed by atoms with Gasteiger partial charge in [0.15, 0.2) is 0 Å². The Kier molecular flexibility index (Phi) is 3.30. The summed E-state index contributed by atoms with van der Waals surface area (Å²) in [5.74, 6) is 1.10. The Morgan fingerprint density at radius 2 is 2.11 bits per heavy atom. The zero-order valence-electron chi connectivity index (χ0n) is 11.0. The monoisotopic (exact) mass is 256 g/mol. The number of nitrogens with zero attached hydrogens (tertiary/aromatic N) is 1. The van der Waals surface area contributed by atoms with Crippen LogP contribution < -0.4 is 5.32 Å². The average molecular weight is 256 g/mol. The molecule has 4 atom stereocenters. The van der Waals surface area contributed by atoms with E-state index in [4.69, 9.17) is 5.26 Å². The first-order chi connectivity index (χ1) is 9.24. The van der Waals surface area contributed by atoms with E-state index in [1.54, 1.807) is 0 Å². The number of fused-ring (bicyclic) bond motifs is 1. The molecule has 1 saturated heterocycles. The van der Waals surface area contributed by atoms with Crippen LogP contribution in [0.5, 0.6) is 0 Å². The molecule has 19 heavy (non-hydrogen) atoms. The van der Waals surface area contributed by atoms with Crippen molar-refractivity contribution in [2.45, 2.75) is 24.9 Å². The molecule has 1 aliphatic heterocycles. The highest BCUT2D eigenvalue weighted by molar-refractivity contribution is 5.25. The second-order valence-corrected chi connectivity index (χ2v) is 5.98. The lowest BCUT2D eigenvalue weighted by atomic mass is 9.63. The Labute approximate surface area is 114 Å². The molecular weight excluding hydrogens is 236 g/mol. The maximum atomic E-state index is 11.3. The predicted molar refractivity (Wildman–Crippen MR) is 73.1 cm³/mol. The zero-order valence-corrected chi connectivity index (χ0v) is 11.0. The van der Waals surface area contributed by atoms with Crippen LogP contribution in [0.25, 0.3) is 0 Å². The number of hydrogen-bond acceptors (Lipinski definition) is 3. The molecule has 1 aliphatic carbocycles. The first-order valence-corrected chi connectivity index (χ1v) is 7.09. The van der Waals surface area contributed by atoms with E-state index in [9.17, 15) is 5.11 Å². The minimum atomic E-state index is -0.769. The zero-order chi connectivity index (χ0) is 13.3. The third kappa shape index (κ3) is 2.16. The van der Waals surface area contributed by atoms with Gasteiger partial charge in [0, 0.05) is 18.9 Å². The molecule has 0 aromatic heterocycles. The van der Waals surface area contributed by atoms with Gasteiger partial charge in [-0.3, -0.25) is 0 Å². The maximum Gasteiger partial charge on any atom is 0.0942 e. The molecule has 3 nitrogen and oxygen atoms in total. The number of rotatable bonds is 2. The fourth-order valence-corrected chi connectivity index (χ4v) is 3.99. The third-order valence-corrected chi connectivity index (χ3v) is 4.84. The molecule has 2 fully saturated rings. The Morgan fingerprint density at radius 3 is 2.84 bits per heavy atom. The Bertz CT molecular complexity index is 481. The fraction of sp³-hybridized carbons (Fsp3) is 0.562. The van der Waals surface area contributed by atoms with Gasteiger partial charge in [0.2, 0.25) is 0 Å². The SMILES string of the molecule is N#CCC1CC2CNCC2C(O)(c2ccccc2)C1. The molecule has 1 saturated carbocycles. The Balaban J connectivity index is 1.94. The molecule has 0 amide bonds. The summed E-state index contributed by atoms with van der Waals surface area (Å²) in [4.78, 5) is 0. The van der Waals surface area contributed by atoms with Gasteiger partial charge in [-0.2, -0.15) is 5.26 Å². The smallest absolute Gasteiger partial charge is 0.0942 e. The minimum absolute atomic E-state index is 0.282. The van der Waals surface area contributed by atoms with Crippen molar-refractivity contribution in [3.63, 3.8) is 0 Å². The predicted octanol–water partition coefficient (Wildman–Crippen LogP) is 2.03. The molecule has 0 bridgehead atoms. The number of benzene rings is 1. The molecule has 2 N–H and O–H groups in total. The summed E-state index contributed by atoms with van der Waals surface area (Å²) in [7, 11) is 0. The summed E-state index contributed by atoms with van der Waals surface area (Å²) >= 11 is 0. The van der Waals surface area contributed by atoms with Gasteiger partial charge < -0.3 is 10.4 Å². The van der Waals surface area contributed by atoms with Crippen LogP contribution in [0.2, 0.25) is 0 Å². The number of nitrogens with one attached hydrogen (secondary N) is 1. The van der Waals surface area contributed by atoms with Crippen molar-refractivity contribution in [1.82, 2.24) is 5.32 Å². The van der Waals surface area contributed by atoms with Crippen molar-refractivity contribution in [3.05, 3.63) is 35.9 Å². The van der Waals surface area contributed by atoms with Crippen molar-refractivity contribution in [3.8, 4) is 6.07 Å². The molecule has 3 heteroatoms. The highest BCUT2D eigenvalue weighted by atomic mass is 16.3. The number of hydrogen-bond donors (Lipinski definition) is 2. The van der Waals surface area contributed by atoms with Crippen LogP contribution in [0.15, 0.2) is 30.3 Å². The molecular formula is C16H20N2O. The highest BCUT2D eigenvalue weighted by Crippen LogP contribution is 2.49. The van der Waals surface area contributed by atoms with Crippen LogP contribution in [0.1, 0.15) is 24.8 Å². The summed E-state index contributed by atoms with van der Waals surface area (Å²) in [5, 5.41) is 23.6. The van der Waals surface area contributed by atoms with Crippen molar-refractivity contribution >= 4 is 0 Å². The largest absolute Gasteiger partial charge is 0.385 e. The number of nitriles is 1. The third-order valence-electron chi connectivity index (χ3n) is 4.84. The van der Waals surface area contributed by atoms with Crippen LogP contribution in [0, 0.1) is 29.1 Å². The van der Waals surface area contributed by atoms with Gasteiger partial charge in [0.05, 0.1) is 11.7 Å². The molecule has 100 valence electrons. The normalized spacial score (nSPS) is 37.6. The van der Waals surface area contributed by atoms with E-state index >= 15 is 0 Å². The molecule has 2 aliphatic rings. The van der Waals surface area contributed by atoms with Crippen molar-refractivity contribution in [1.29, 1.82) is 5.26 Å². The van der Waals surface area contributed by atoms with E-state index in [1.165, 1.54) is 0 Å². The molecule has 4 unspecified atom stereocenters. The Hall–Kier alpha value is -1.37. The first-order valence-electron chi connectivity index (χ1n) is 7.09. The van der Waals surface area contributed by atoms with E-state index in [1.807, 2.05) is 30.3 Å². The van der Waals surface area contributed by atoms with Crippen LogP contribution in [0.3, 0.4) is 0 Å². The summed E-state index contributed by atoms with van der Waals surface area (Å²) < 4.78 is 0. The molecule has 1 aromatic rings. The van der Waals surface area contributed by atoms with Gasteiger partial charge in [-0.25, -0.2) is 0 Å². The maximum absolute atomic E-state index is 11.3. The van der Waals surface area contributed by atoms with Crippen molar-refractivity contribution < 1.29 is 5.11 Å². The minimum Gasteiger partial charge on any atom is -0.385 e. The van der Waals surface area contributed by atoms with Gasteiger partial charge in [-0.15, -0.1) is 0 Å². The van der Waals surface area contributed by atoms with E-state index < -0.39 is 5.60 Å². The quantitative estimate of drug-likeness (QED) is 0.851. The molecule has 1 heterocycles. The highest BCUT2D eigenvalue weighted by Gasteiger charge is 2.50. The standard InChI is InChI=1S/C16H20N2O/c17-7-6-12-8-13-10-18-11-15(13)16(19,9-12)14-4-2-1-3-5-14/h1-5,12-13,15,18-19H,6,8-11H2. The van der Waals surface area contributed by atoms with E-state index in [-0.39, 0.29) is 5.92 Å². The summed E-state index contributed by atoms with van der Waals surface area (Å²) in [6, 6.07) is 12.3. The second-order valence-electron chi connectivity index (χ2n) is 5.98. The van der Waals surface area contributed by atoms with Crippen LogP contribution in [-0.2, 0) is 5.60 Å². The van der Waals surface area contributed by atoms with Crippen LogP contribution in [-0.4, -0.2) is 18.2 Å². The van der Waals surface area contributed by atoms with Crippen molar-refractivity contribution in [2.75, 3.05) is 13.1 Å². The number of aliphatic hydroxyl groups is 1. The lowest BCUT2D eigenvalue weighted by molar-refractivity contribution is -0.0820. The summed E-state index contributed by atoms with van der Waals surface area (Å²) in [6.45, 7) is 1.86. The van der Waals surface area contributed by atoms with Crippen LogP contribution in [0.4, 0.5) is 0 Å². The molecule has 3 rings (SSSR count). The molecule has 1 aromatic carbocycles. The summed E-state index contributed by atoms with van der Waals surface area (Å²) in [5.41, 5.74) is 0.242. The topological polar surface area (TPSA) is 56.0 Å². The Morgan fingerprint density at radius 1 is 1.32 bits per heavy atom. The molecule has 0 spiro atoms. The van der Waals surface area contributed by atoms with E-state index in [0.717, 1.165) is 25.1 Å². The van der Waals surface area contributed by atoms with Crippen molar-refractivity contribution in [2.24, 2.45) is 17.8 Å². The van der Waals surface area contributed by atoms with Gasteiger partial charge in [0.1, 0.15) is 0 Å². The summed E-state index contributed by atoms with van der Waals surface area (Å²) in [6.07, 6.45) is 2.34. The average Bonchev–Trinajstić information content (AvgIpc) is 2.89. The van der Waals surface area contributed by atoms with Crippen LogP contribution >= 0.6 is 0 Å². The van der Waals surface area contributed by atoms with E-state index in [0.29, 0.717) is 24.7 Å².